The standard InChI is InChI=1S/C29H35ClN10O4/c1-19(17-40-18-33-36-37-40)43-24-14-20(6-7-22(24)30)21-15-31-27(32-16-21)34-23-8-9-25(35-26(23)42-5)38-10-12-39(13-11-38)28(41)44-29(2,3)4/h6-9,14-16,18-19H,10-13,17H2,1-5H3,(H,31,32,34)/t19-/m0/s1. The molecule has 0 saturated carbocycles. The fourth-order valence-corrected chi connectivity index (χ4v) is 4.68. The third-order valence-corrected chi connectivity index (χ3v) is 6.93. The van der Waals surface area contributed by atoms with Crippen LogP contribution in [0.4, 0.5) is 22.2 Å². The van der Waals surface area contributed by atoms with Crippen LogP contribution in [0.1, 0.15) is 27.7 Å². The van der Waals surface area contributed by atoms with E-state index in [1.807, 2.05) is 52.0 Å². The largest absolute Gasteiger partial charge is 0.487 e. The van der Waals surface area contributed by atoms with Crippen molar-refractivity contribution in [1.82, 2.24) is 40.1 Å². The Morgan fingerprint density at radius 3 is 2.48 bits per heavy atom. The lowest BCUT2D eigenvalue weighted by Gasteiger charge is -2.36. The number of benzene rings is 1. The maximum Gasteiger partial charge on any atom is 0.410 e. The smallest absolute Gasteiger partial charge is 0.410 e. The van der Waals surface area contributed by atoms with E-state index in [2.05, 4.69) is 40.7 Å². The van der Waals surface area contributed by atoms with Gasteiger partial charge in [-0.3, -0.25) is 0 Å². The Balaban J connectivity index is 1.21. The van der Waals surface area contributed by atoms with E-state index >= 15 is 0 Å². The Kier molecular flexibility index (Phi) is 9.28. The molecule has 1 aliphatic rings. The molecule has 0 spiro atoms. The zero-order valence-electron chi connectivity index (χ0n) is 25.3. The predicted octanol–water partition coefficient (Wildman–Crippen LogP) is 4.46. The van der Waals surface area contributed by atoms with Crippen molar-refractivity contribution in [2.24, 2.45) is 0 Å². The normalized spacial score (nSPS) is 14.2. The van der Waals surface area contributed by atoms with Gasteiger partial charge < -0.3 is 29.3 Å². The zero-order chi connectivity index (χ0) is 31.3. The van der Waals surface area contributed by atoms with Gasteiger partial charge in [0.15, 0.2) is 0 Å². The quantitative estimate of drug-likeness (QED) is 0.281. The van der Waals surface area contributed by atoms with Crippen LogP contribution in [0.5, 0.6) is 11.6 Å². The number of piperazine rings is 1. The number of halogens is 1. The number of carbonyl (C=O) groups is 1. The molecular formula is C29H35ClN10O4. The molecule has 1 aliphatic heterocycles. The van der Waals surface area contributed by atoms with Crippen LogP contribution in [0.25, 0.3) is 11.1 Å². The number of nitrogens with one attached hydrogen (secondary N) is 1. The Hall–Kier alpha value is -4.72. The predicted molar refractivity (Wildman–Crippen MR) is 164 cm³/mol. The van der Waals surface area contributed by atoms with Crippen molar-refractivity contribution in [3.05, 3.63) is 54.1 Å². The molecule has 1 fully saturated rings. The lowest BCUT2D eigenvalue weighted by Crippen LogP contribution is -2.50. The van der Waals surface area contributed by atoms with Crippen LogP contribution in [-0.4, -0.2) is 91.1 Å². The van der Waals surface area contributed by atoms with Gasteiger partial charge in [-0.05, 0) is 68.0 Å². The Labute approximate surface area is 260 Å². The Morgan fingerprint density at radius 1 is 1.07 bits per heavy atom. The summed E-state index contributed by atoms with van der Waals surface area (Å²) in [4.78, 5) is 29.9. The summed E-state index contributed by atoms with van der Waals surface area (Å²) in [6.45, 7) is 10.3. The van der Waals surface area contributed by atoms with Crippen LogP contribution >= 0.6 is 11.6 Å². The molecule has 44 heavy (non-hydrogen) atoms. The van der Waals surface area contributed by atoms with E-state index < -0.39 is 5.60 Å². The Bertz CT molecular complexity index is 1560. The summed E-state index contributed by atoms with van der Waals surface area (Å²) < 4.78 is 18.7. The lowest BCUT2D eigenvalue weighted by molar-refractivity contribution is 0.0240. The third kappa shape index (κ3) is 7.81. The van der Waals surface area contributed by atoms with Crippen LogP contribution in [0.15, 0.2) is 49.1 Å². The van der Waals surface area contributed by atoms with Gasteiger partial charge in [0.2, 0.25) is 11.8 Å². The van der Waals surface area contributed by atoms with Crippen molar-refractivity contribution in [3.63, 3.8) is 0 Å². The van der Waals surface area contributed by atoms with Crippen molar-refractivity contribution in [3.8, 4) is 22.8 Å². The monoisotopic (exact) mass is 622 g/mol. The second-order valence-electron chi connectivity index (χ2n) is 11.2. The lowest BCUT2D eigenvalue weighted by atomic mass is 10.1. The molecule has 5 rings (SSSR count). The number of pyridine rings is 1. The van der Waals surface area contributed by atoms with Gasteiger partial charge >= 0.3 is 6.09 Å². The van der Waals surface area contributed by atoms with Crippen LogP contribution in [0, 0.1) is 0 Å². The topological polar surface area (TPSA) is 146 Å². The molecule has 3 aromatic heterocycles. The molecule has 0 aliphatic carbocycles. The summed E-state index contributed by atoms with van der Waals surface area (Å²) in [5.41, 5.74) is 1.73. The van der Waals surface area contributed by atoms with Crippen LogP contribution < -0.4 is 19.7 Å². The fraction of sp³-hybridized carbons (Fsp3) is 0.414. The van der Waals surface area contributed by atoms with E-state index in [9.17, 15) is 4.79 Å². The highest BCUT2D eigenvalue weighted by molar-refractivity contribution is 6.32. The molecule has 0 unspecified atom stereocenters. The molecule has 1 saturated heterocycles. The summed E-state index contributed by atoms with van der Waals surface area (Å²) in [6, 6.07) is 9.28. The minimum Gasteiger partial charge on any atom is -0.487 e. The molecule has 1 amide bonds. The number of nitrogens with zero attached hydrogens (tertiary/aromatic N) is 9. The highest BCUT2D eigenvalue weighted by Crippen LogP contribution is 2.32. The van der Waals surface area contributed by atoms with Crippen LogP contribution in [-0.2, 0) is 11.3 Å². The molecule has 14 nitrogen and oxygen atoms in total. The van der Waals surface area contributed by atoms with Gasteiger partial charge in [0.25, 0.3) is 0 Å². The SMILES string of the molecule is COc1nc(N2CCN(C(=O)OC(C)(C)C)CC2)ccc1Nc1ncc(-c2ccc(Cl)c(O[C@@H](C)Cn3cnnn3)c2)cn1. The number of carbonyl (C=O) groups excluding carboxylic acids is 1. The van der Waals surface area contributed by atoms with Crippen LogP contribution in [0.2, 0.25) is 5.02 Å². The minimum absolute atomic E-state index is 0.217. The molecule has 0 bridgehead atoms. The molecular weight excluding hydrogens is 588 g/mol. The maximum atomic E-state index is 12.4. The van der Waals surface area contributed by atoms with Crippen molar-refractivity contribution in [1.29, 1.82) is 0 Å². The number of hydrogen-bond acceptors (Lipinski definition) is 12. The van der Waals surface area contributed by atoms with Gasteiger partial charge in [-0.25, -0.2) is 19.4 Å². The first-order valence-electron chi connectivity index (χ1n) is 14.1. The first-order chi connectivity index (χ1) is 21.1. The second kappa shape index (κ2) is 13.3. The van der Waals surface area contributed by atoms with E-state index in [4.69, 9.17) is 25.8 Å². The summed E-state index contributed by atoms with van der Waals surface area (Å²) in [6.07, 6.45) is 4.44. The van der Waals surface area contributed by atoms with Crippen molar-refractivity contribution < 1.29 is 19.0 Å². The summed E-state index contributed by atoms with van der Waals surface area (Å²) in [7, 11) is 1.56. The molecule has 4 heterocycles. The average molecular weight is 623 g/mol. The molecule has 1 N–H and O–H groups in total. The van der Waals surface area contributed by atoms with E-state index in [0.29, 0.717) is 61.0 Å². The number of methoxy groups -OCH3 is 1. The summed E-state index contributed by atoms with van der Waals surface area (Å²) >= 11 is 6.40. The first kappa shape index (κ1) is 30.7. The van der Waals surface area contributed by atoms with Gasteiger partial charge in [0, 0.05) is 44.1 Å². The van der Waals surface area contributed by atoms with Gasteiger partial charge in [-0.15, -0.1) is 5.10 Å². The number of amides is 1. The first-order valence-corrected chi connectivity index (χ1v) is 14.5. The summed E-state index contributed by atoms with van der Waals surface area (Å²) in [5.74, 6) is 2.07. The number of anilines is 3. The van der Waals surface area contributed by atoms with Gasteiger partial charge in [0.1, 0.15) is 35.3 Å². The molecule has 0 radical (unpaired) electrons. The molecule has 4 aromatic rings. The second-order valence-corrected chi connectivity index (χ2v) is 11.6. The van der Waals surface area contributed by atoms with Crippen LogP contribution in [0.3, 0.4) is 0 Å². The molecule has 1 aromatic carbocycles. The molecule has 15 heteroatoms. The van der Waals surface area contributed by atoms with Crippen molar-refractivity contribution in [2.45, 2.75) is 45.9 Å². The Morgan fingerprint density at radius 2 is 1.82 bits per heavy atom. The van der Waals surface area contributed by atoms with Gasteiger partial charge in [-0.1, -0.05) is 17.7 Å². The minimum atomic E-state index is -0.526. The van der Waals surface area contributed by atoms with E-state index in [0.717, 1.165) is 16.9 Å². The number of aromatic nitrogens is 7. The number of rotatable bonds is 9. The zero-order valence-corrected chi connectivity index (χ0v) is 26.0. The highest BCUT2D eigenvalue weighted by Gasteiger charge is 2.26. The molecule has 1 atom stereocenters. The van der Waals surface area contributed by atoms with Gasteiger partial charge in [0.05, 0.1) is 18.7 Å². The average Bonchev–Trinajstić information content (AvgIpc) is 3.51. The number of hydrogen-bond donors (Lipinski definition) is 1. The molecule has 232 valence electrons. The van der Waals surface area contributed by atoms with E-state index in [1.165, 1.54) is 6.33 Å². The van der Waals surface area contributed by atoms with E-state index in [-0.39, 0.29) is 12.2 Å². The van der Waals surface area contributed by atoms with Crippen molar-refractivity contribution >= 4 is 35.1 Å². The maximum absolute atomic E-state index is 12.4. The number of tetrazole rings is 1. The fourth-order valence-electron chi connectivity index (χ4n) is 4.52. The summed E-state index contributed by atoms with van der Waals surface area (Å²) in [5, 5.41) is 14.8. The highest BCUT2D eigenvalue weighted by atomic mass is 35.5. The third-order valence-electron chi connectivity index (χ3n) is 6.62. The van der Waals surface area contributed by atoms with E-state index in [1.54, 1.807) is 35.2 Å². The number of ether oxygens (including phenoxy) is 3. The van der Waals surface area contributed by atoms with Crippen molar-refractivity contribution in [2.75, 3.05) is 43.5 Å². The van der Waals surface area contributed by atoms with Gasteiger partial charge in [-0.2, -0.15) is 4.98 Å².